The number of aromatic nitrogens is 2. The van der Waals surface area contributed by atoms with Gasteiger partial charge in [-0.3, -0.25) is 4.79 Å². The van der Waals surface area contributed by atoms with E-state index in [2.05, 4.69) is 10.3 Å². The molecular formula is C14H16ClF2N3O. The van der Waals surface area contributed by atoms with Crippen LogP contribution in [0.15, 0.2) is 12.1 Å². The Morgan fingerprint density at radius 3 is 2.76 bits per heavy atom. The molecule has 0 aliphatic carbocycles. The topological polar surface area (TPSA) is 46.9 Å². The van der Waals surface area contributed by atoms with Gasteiger partial charge in [-0.1, -0.05) is 13.8 Å². The second-order valence-electron chi connectivity index (χ2n) is 5.20. The zero-order valence-corrected chi connectivity index (χ0v) is 12.5. The fourth-order valence-corrected chi connectivity index (χ4v) is 2.20. The zero-order valence-electron chi connectivity index (χ0n) is 11.8. The number of nitrogens with one attached hydrogen (secondary N) is 1. The van der Waals surface area contributed by atoms with Crippen LogP contribution in [0.1, 0.15) is 19.7 Å². The molecule has 1 aromatic carbocycles. The summed E-state index contributed by atoms with van der Waals surface area (Å²) in [7, 11) is 0. The van der Waals surface area contributed by atoms with Crippen LogP contribution in [0.3, 0.4) is 0 Å². The highest BCUT2D eigenvalue weighted by Gasteiger charge is 2.17. The van der Waals surface area contributed by atoms with E-state index in [1.807, 2.05) is 13.8 Å². The first kappa shape index (κ1) is 15.7. The predicted octanol–water partition coefficient (Wildman–Crippen LogP) is 2.83. The Morgan fingerprint density at radius 1 is 1.43 bits per heavy atom. The molecule has 0 aliphatic rings. The number of alkyl halides is 1. The largest absolute Gasteiger partial charge is 0.354 e. The third-order valence-corrected chi connectivity index (χ3v) is 3.22. The maximum atomic E-state index is 13.7. The van der Waals surface area contributed by atoms with Gasteiger partial charge in [0, 0.05) is 12.6 Å². The molecule has 21 heavy (non-hydrogen) atoms. The molecule has 1 amide bonds. The summed E-state index contributed by atoms with van der Waals surface area (Å²) < 4.78 is 28.5. The van der Waals surface area contributed by atoms with Gasteiger partial charge in [-0.2, -0.15) is 0 Å². The van der Waals surface area contributed by atoms with E-state index in [1.165, 1.54) is 4.57 Å². The monoisotopic (exact) mass is 315 g/mol. The average Bonchev–Trinajstić information content (AvgIpc) is 2.75. The lowest BCUT2D eigenvalue weighted by atomic mass is 10.2. The molecule has 0 radical (unpaired) electrons. The number of amides is 1. The minimum Gasteiger partial charge on any atom is -0.354 e. The fourth-order valence-electron chi connectivity index (χ4n) is 1.99. The number of imidazole rings is 1. The molecule has 0 fully saturated rings. The molecule has 0 atom stereocenters. The van der Waals surface area contributed by atoms with Crippen LogP contribution in [0.25, 0.3) is 11.0 Å². The molecule has 114 valence electrons. The third kappa shape index (κ3) is 3.50. The molecule has 2 rings (SSSR count). The van der Waals surface area contributed by atoms with Crippen molar-refractivity contribution >= 4 is 28.5 Å². The van der Waals surface area contributed by atoms with Gasteiger partial charge in [-0.05, 0) is 12.0 Å². The van der Waals surface area contributed by atoms with Gasteiger partial charge in [0.1, 0.15) is 23.7 Å². The van der Waals surface area contributed by atoms with E-state index in [0.717, 1.165) is 12.1 Å². The Labute approximate surface area is 126 Å². The van der Waals surface area contributed by atoms with Gasteiger partial charge >= 0.3 is 0 Å². The van der Waals surface area contributed by atoms with Crippen molar-refractivity contribution < 1.29 is 13.6 Å². The van der Waals surface area contributed by atoms with Crippen molar-refractivity contribution in [3.8, 4) is 0 Å². The number of fused-ring (bicyclic) bond motifs is 1. The summed E-state index contributed by atoms with van der Waals surface area (Å²) in [6.45, 7) is 4.40. The third-order valence-electron chi connectivity index (χ3n) is 2.98. The second-order valence-corrected chi connectivity index (χ2v) is 5.47. The molecule has 7 heteroatoms. The van der Waals surface area contributed by atoms with E-state index in [0.29, 0.717) is 18.3 Å². The number of nitrogens with zero attached hydrogens (tertiary/aromatic N) is 2. The van der Waals surface area contributed by atoms with Crippen LogP contribution >= 0.6 is 11.6 Å². The van der Waals surface area contributed by atoms with Gasteiger partial charge in [-0.25, -0.2) is 13.8 Å². The van der Waals surface area contributed by atoms with Crippen LogP contribution < -0.4 is 5.32 Å². The SMILES string of the molecule is CC(C)CNC(=O)Cn1c(CCl)nc2c(F)cc(F)cc21. The number of rotatable bonds is 5. The maximum Gasteiger partial charge on any atom is 0.240 e. The summed E-state index contributed by atoms with van der Waals surface area (Å²) in [5.41, 5.74) is 0.242. The summed E-state index contributed by atoms with van der Waals surface area (Å²) in [5.74, 6) is -1.08. The van der Waals surface area contributed by atoms with Crippen LogP contribution in [0.4, 0.5) is 8.78 Å². The van der Waals surface area contributed by atoms with Gasteiger partial charge < -0.3 is 9.88 Å². The van der Waals surface area contributed by atoms with Gasteiger partial charge in [0.15, 0.2) is 5.82 Å². The van der Waals surface area contributed by atoms with E-state index in [-0.39, 0.29) is 29.4 Å². The van der Waals surface area contributed by atoms with Gasteiger partial charge in [-0.15, -0.1) is 11.6 Å². The highest BCUT2D eigenvalue weighted by Crippen LogP contribution is 2.22. The van der Waals surface area contributed by atoms with Gasteiger partial charge in [0.2, 0.25) is 5.91 Å². The van der Waals surface area contributed by atoms with E-state index in [1.54, 1.807) is 0 Å². The summed E-state index contributed by atoms with van der Waals surface area (Å²) in [4.78, 5) is 15.9. The quantitative estimate of drug-likeness (QED) is 0.862. The molecule has 4 nitrogen and oxygen atoms in total. The number of halogens is 3. The molecule has 0 bridgehead atoms. The number of carbonyl (C=O) groups is 1. The summed E-state index contributed by atoms with van der Waals surface area (Å²) in [6.07, 6.45) is 0. The normalized spacial score (nSPS) is 11.3. The first-order chi connectivity index (χ1) is 9.92. The van der Waals surface area contributed by atoms with E-state index < -0.39 is 11.6 Å². The lowest BCUT2D eigenvalue weighted by molar-refractivity contribution is -0.121. The van der Waals surface area contributed by atoms with Crippen LogP contribution in [0.2, 0.25) is 0 Å². The molecule has 2 aromatic rings. The Hall–Kier alpha value is -1.69. The maximum absolute atomic E-state index is 13.7. The molecule has 0 saturated heterocycles. The standard InChI is InChI=1S/C14H16ClF2N3O/c1-8(2)6-18-13(21)7-20-11-4-9(16)3-10(17)14(11)19-12(20)5-15/h3-4,8H,5-7H2,1-2H3,(H,18,21). The molecule has 0 aliphatic heterocycles. The van der Waals surface area contributed by atoms with Crippen molar-refractivity contribution in [1.29, 1.82) is 0 Å². The van der Waals surface area contributed by atoms with Crippen molar-refractivity contribution in [3.63, 3.8) is 0 Å². The van der Waals surface area contributed by atoms with E-state index in [9.17, 15) is 13.6 Å². The Kier molecular flexibility index (Phi) is 4.77. The lowest BCUT2D eigenvalue weighted by Crippen LogP contribution is -2.31. The van der Waals surface area contributed by atoms with Gasteiger partial charge in [0.05, 0.1) is 11.4 Å². The predicted molar refractivity (Wildman–Crippen MR) is 77.1 cm³/mol. The highest BCUT2D eigenvalue weighted by molar-refractivity contribution is 6.16. The highest BCUT2D eigenvalue weighted by atomic mass is 35.5. The van der Waals surface area contributed by atoms with Crippen LogP contribution in [-0.4, -0.2) is 22.0 Å². The lowest BCUT2D eigenvalue weighted by Gasteiger charge is -2.10. The number of benzene rings is 1. The first-order valence-corrected chi connectivity index (χ1v) is 7.12. The van der Waals surface area contributed by atoms with Crippen molar-refractivity contribution in [1.82, 2.24) is 14.9 Å². The Morgan fingerprint density at radius 2 is 2.14 bits per heavy atom. The minimum atomic E-state index is -0.766. The number of hydrogen-bond acceptors (Lipinski definition) is 2. The fraction of sp³-hybridized carbons (Fsp3) is 0.429. The molecule has 1 N–H and O–H groups in total. The van der Waals surface area contributed by atoms with Crippen LogP contribution in [0, 0.1) is 17.6 Å². The Balaban J connectivity index is 2.35. The van der Waals surface area contributed by atoms with Crippen LogP contribution in [0.5, 0.6) is 0 Å². The molecule has 1 aromatic heterocycles. The minimum absolute atomic E-state index is 0.00714. The summed E-state index contributed by atoms with van der Waals surface area (Å²) in [5, 5.41) is 2.75. The molecule has 0 saturated carbocycles. The van der Waals surface area contributed by atoms with Crippen molar-refractivity contribution in [2.45, 2.75) is 26.3 Å². The van der Waals surface area contributed by atoms with Gasteiger partial charge in [0.25, 0.3) is 0 Å². The number of hydrogen-bond donors (Lipinski definition) is 1. The molecule has 0 unspecified atom stereocenters. The molecular weight excluding hydrogens is 300 g/mol. The van der Waals surface area contributed by atoms with Crippen molar-refractivity contribution in [3.05, 3.63) is 29.6 Å². The average molecular weight is 316 g/mol. The number of carbonyl (C=O) groups excluding carboxylic acids is 1. The smallest absolute Gasteiger partial charge is 0.240 e. The molecule has 1 heterocycles. The first-order valence-electron chi connectivity index (χ1n) is 6.59. The zero-order chi connectivity index (χ0) is 15.6. The van der Waals surface area contributed by atoms with E-state index >= 15 is 0 Å². The molecule has 0 spiro atoms. The van der Waals surface area contributed by atoms with Crippen molar-refractivity contribution in [2.75, 3.05) is 6.54 Å². The summed E-state index contributed by atoms with van der Waals surface area (Å²) >= 11 is 5.78. The second kappa shape index (κ2) is 6.39. The van der Waals surface area contributed by atoms with Crippen molar-refractivity contribution in [2.24, 2.45) is 5.92 Å². The van der Waals surface area contributed by atoms with E-state index in [4.69, 9.17) is 11.6 Å². The van der Waals surface area contributed by atoms with Crippen LogP contribution in [-0.2, 0) is 17.2 Å². The Bertz CT molecular complexity index is 670. The summed E-state index contributed by atoms with van der Waals surface area (Å²) in [6, 6.07) is 1.91.